The lowest BCUT2D eigenvalue weighted by atomic mass is 10.0. The van der Waals surface area contributed by atoms with Gasteiger partial charge in [0, 0.05) is 43.9 Å². The van der Waals surface area contributed by atoms with Gasteiger partial charge in [0.1, 0.15) is 18.2 Å². The maximum atomic E-state index is 12.2. The number of rotatable bonds is 2. The van der Waals surface area contributed by atoms with Gasteiger partial charge in [-0.05, 0) is 48.0 Å². The summed E-state index contributed by atoms with van der Waals surface area (Å²) in [5.41, 5.74) is 7.59. The molecule has 2 aliphatic heterocycles. The van der Waals surface area contributed by atoms with Crippen LogP contribution in [0.1, 0.15) is 15.9 Å². The maximum absolute atomic E-state index is 12.2. The van der Waals surface area contributed by atoms with Crippen LogP contribution in [-0.4, -0.2) is 49.9 Å². The first-order valence-electron chi connectivity index (χ1n) is 8.98. The van der Waals surface area contributed by atoms with Gasteiger partial charge in [-0.3, -0.25) is 4.79 Å². The minimum Gasteiger partial charge on any atom is -0.491 e. The van der Waals surface area contributed by atoms with E-state index in [1.165, 1.54) is 30.0 Å². The van der Waals surface area contributed by atoms with E-state index in [9.17, 15) is 14.3 Å². The Kier molecular flexibility index (Phi) is 6.26. The molecule has 1 amide bonds. The lowest BCUT2D eigenvalue weighted by Gasteiger charge is -2.31. The van der Waals surface area contributed by atoms with Crippen LogP contribution < -0.4 is 20.7 Å². The second kappa shape index (κ2) is 8.83. The summed E-state index contributed by atoms with van der Waals surface area (Å²) in [5, 5.41) is 13.0. The average Bonchev–Trinajstić information content (AvgIpc) is 2.69. The van der Waals surface area contributed by atoms with Crippen molar-refractivity contribution in [2.24, 2.45) is 5.73 Å². The number of anilines is 1. The minimum atomic E-state index is -0.542. The van der Waals surface area contributed by atoms with E-state index in [0.29, 0.717) is 18.6 Å². The summed E-state index contributed by atoms with van der Waals surface area (Å²) in [5.74, 6) is 0.0131. The molecule has 144 valence electrons. The molecule has 2 aromatic rings. The molecule has 1 atom stereocenters. The summed E-state index contributed by atoms with van der Waals surface area (Å²) in [4.78, 5) is 12.8. The van der Waals surface area contributed by atoms with E-state index in [4.69, 9.17) is 10.5 Å². The van der Waals surface area contributed by atoms with E-state index < -0.39 is 5.91 Å². The van der Waals surface area contributed by atoms with Gasteiger partial charge in [-0.25, -0.2) is 4.39 Å². The molecule has 2 heterocycles. The number of carbonyl (C=O) groups is 1. The van der Waals surface area contributed by atoms with Crippen molar-refractivity contribution in [3.8, 4) is 5.75 Å². The summed E-state index contributed by atoms with van der Waals surface area (Å²) in [6.07, 6.45) is 0.343. The number of hydrogen-bond acceptors (Lipinski definition) is 5. The Morgan fingerprint density at radius 1 is 1.19 bits per heavy atom. The Morgan fingerprint density at radius 3 is 2.56 bits per heavy atom. The second-order valence-electron chi connectivity index (χ2n) is 6.57. The zero-order valence-electron chi connectivity index (χ0n) is 15.0. The van der Waals surface area contributed by atoms with Crippen LogP contribution in [0, 0.1) is 5.82 Å². The Bertz CT molecular complexity index is 777. The zero-order chi connectivity index (χ0) is 19.2. The van der Waals surface area contributed by atoms with E-state index in [-0.39, 0.29) is 11.9 Å². The first-order valence-corrected chi connectivity index (χ1v) is 8.98. The van der Waals surface area contributed by atoms with Crippen LogP contribution in [0.3, 0.4) is 0 Å². The molecular formula is C20H24FN3O3. The summed E-state index contributed by atoms with van der Waals surface area (Å²) >= 11 is 0. The molecule has 1 saturated heterocycles. The van der Waals surface area contributed by atoms with Crippen LogP contribution in [0.25, 0.3) is 0 Å². The number of nitrogens with zero attached hydrogens (tertiary/aromatic N) is 1. The monoisotopic (exact) mass is 373 g/mol. The predicted octanol–water partition coefficient (Wildman–Crippen LogP) is 1.32. The smallest absolute Gasteiger partial charge is 0.248 e. The Labute approximate surface area is 157 Å². The maximum Gasteiger partial charge on any atom is 0.248 e. The van der Waals surface area contributed by atoms with Gasteiger partial charge in [0.05, 0.1) is 6.10 Å². The van der Waals surface area contributed by atoms with Crippen molar-refractivity contribution in [1.82, 2.24) is 5.32 Å². The lowest BCUT2D eigenvalue weighted by molar-refractivity contribution is 0.0921. The van der Waals surface area contributed by atoms with Crippen LogP contribution in [0.15, 0.2) is 42.5 Å². The molecule has 0 saturated carbocycles. The van der Waals surface area contributed by atoms with Gasteiger partial charge in [0.2, 0.25) is 5.91 Å². The topological polar surface area (TPSA) is 87.8 Å². The number of primary amides is 1. The van der Waals surface area contributed by atoms with E-state index in [0.717, 1.165) is 37.5 Å². The quantitative estimate of drug-likeness (QED) is 0.739. The highest BCUT2D eigenvalue weighted by Gasteiger charge is 2.19. The lowest BCUT2D eigenvalue weighted by Crippen LogP contribution is -2.43. The molecule has 7 heteroatoms. The van der Waals surface area contributed by atoms with Crippen molar-refractivity contribution in [2.45, 2.75) is 12.5 Å². The Balaban J connectivity index is 0.000000180. The van der Waals surface area contributed by atoms with Gasteiger partial charge < -0.3 is 25.8 Å². The third-order valence-corrected chi connectivity index (χ3v) is 4.54. The van der Waals surface area contributed by atoms with E-state index in [1.807, 2.05) is 6.07 Å². The standard InChI is InChI=1S/C13H18N2O2.C7H6FNO/c16-12-8-10-7-11(1-2-13(10)17-9-12)15-5-3-14-4-6-15;8-6-3-1-5(2-4-6)7(9)10/h1-2,7,12,14,16H,3-6,8-9H2;1-4H,(H2,9,10)/t12-;/m1./s1. The fourth-order valence-electron chi connectivity index (χ4n) is 3.10. The van der Waals surface area contributed by atoms with Crippen molar-refractivity contribution >= 4 is 11.6 Å². The van der Waals surface area contributed by atoms with Crippen LogP contribution >= 0.6 is 0 Å². The van der Waals surface area contributed by atoms with Crippen molar-refractivity contribution in [3.05, 3.63) is 59.4 Å². The van der Waals surface area contributed by atoms with E-state index >= 15 is 0 Å². The number of hydrogen-bond donors (Lipinski definition) is 3. The molecule has 2 aromatic carbocycles. The highest BCUT2D eigenvalue weighted by Crippen LogP contribution is 2.29. The number of nitrogens with one attached hydrogen (secondary N) is 1. The second-order valence-corrected chi connectivity index (χ2v) is 6.57. The Morgan fingerprint density at radius 2 is 1.89 bits per heavy atom. The molecular weight excluding hydrogens is 349 g/mol. The van der Waals surface area contributed by atoms with Gasteiger partial charge in [-0.1, -0.05) is 0 Å². The summed E-state index contributed by atoms with van der Waals surface area (Å²) in [7, 11) is 0. The molecule has 0 spiro atoms. The van der Waals surface area contributed by atoms with Crippen molar-refractivity contribution < 1.29 is 19.0 Å². The van der Waals surface area contributed by atoms with Crippen molar-refractivity contribution in [3.63, 3.8) is 0 Å². The van der Waals surface area contributed by atoms with Gasteiger partial charge in [0.25, 0.3) is 0 Å². The fraction of sp³-hybridized carbons (Fsp3) is 0.350. The van der Waals surface area contributed by atoms with E-state index in [1.54, 1.807) is 0 Å². The number of carbonyl (C=O) groups excluding carboxylic acids is 1. The highest BCUT2D eigenvalue weighted by atomic mass is 19.1. The molecule has 6 nitrogen and oxygen atoms in total. The highest BCUT2D eigenvalue weighted by molar-refractivity contribution is 5.92. The number of piperazine rings is 1. The van der Waals surface area contributed by atoms with Gasteiger partial charge in [-0.2, -0.15) is 0 Å². The third kappa shape index (κ3) is 5.18. The van der Waals surface area contributed by atoms with Crippen LogP contribution in [-0.2, 0) is 6.42 Å². The van der Waals surface area contributed by atoms with Gasteiger partial charge >= 0.3 is 0 Å². The number of halogens is 1. The normalized spacial score (nSPS) is 18.6. The molecule has 0 unspecified atom stereocenters. The number of aliphatic hydroxyl groups excluding tert-OH is 1. The first-order chi connectivity index (χ1) is 13.0. The number of fused-ring (bicyclic) bond motifs is 1. The average molecular weight is 373 g/mol. The van der Waals surface area contributed by atoms with Crippen LogP contribution in [0.4, 0.5) is 10.1 Å². The molecule has 0 aromatic heterocycles. The Hall–Kier alpha value is -2.64. The summed E-state index contributed by atoms with van der Waals surface area (Å²) < 4.78 is 17.7. The number of aliphatic hydroxyl groups is 1. The molecule has 0 bridgehead atoms. The molecule has 0 radical (unpaired) electrons. The predicted molar refractivity (Wildman–Crippen MR) is 102 cm³/mol. The van der Waals surface area contributed by atoms with Crippen molar-refractivity contribution in [1.29, 1.82) is 0 Å². The summed E-state index contributed by atoms with van der Waals surface area (Å²) in [6, 6.07) is 11.4. The van der Waals surface area contributed by atoms with Gasteiger partial charge in [-0.15, -0.1) is 0 Å². The largest absolute Gasteiger partial charge is 0.491 e. The molecule has 1 fully saturated rings. The minimum absolute atomic E-state index is 0.321. The van der Waals surface area contributed by atoms with E-state index in [2.05, 4.69) is 22.3 Å². The molecule has 2 aliphatic rings. The van der Waals surface area contributed by atoms with Crippen molar-refractivity contribution in [2.75, 3.05) is 37.7 Å². The molecule has 27 heavy (non-hydrogen) atoms. The molecule has 4 N–H and O–H groups in total. The SMILES string of the molecule is NC(=O)c1ccc(F)cc1.O[C@H]1COc2ccc(N3CCNCC3)cc2C1. The number of ether oxygens (including phenoxy) is 1. The summed E-state index contributed by atoms with van der Waals surface area (Å²) in [6.45, 7) is 4.58. The zero-order valence-corrected chi connectivity index (χ0v) is 15.0. The van der Waals surface area contributed by atoms with Crippen LogP contribution in [0.5, 0.6) is 5.75 Å². The first kappa shape index (κ1) is 19.1. The molecule has 4 rings (SSSR count). The molecule has 0 aliphatic carbocycles. The number of amides is 1. The third-order valence-electron chi connectivity index (χ3n) is 4.54. The fourth-order valence-corrected chi connectivity index (χ4v) is 3.10. The number of nitrogens with two attached hydrogens (primary N) is 1. The van der Waals surface area contributed by atoms with Crippen LogP contribution in [0.2, 0.25) is 0 Å². The number of benzene rings is 2. The van der Waals surface area contributed by atoms with Gasteiger partial charge in [0.15, 0.2) is 0 Å².